The van der Waals surface area contributed by atoms with Crippen LogP contribution in [-0.4, -0.2) is 21.9 Å². The molecule has 28 heavy (non-hydrogen) atoms. The summed E-state index contributed by atoms with van der Waals surface area (Å²) in [5, 5.41) is 10.9. The van der Waals surface area contributed by atoms with E-state index in [1.807, 2.05) is 83.8 Å². The molecule has 2 aromatic heterocycles. The van der Waals surface area contributed by atoms with Gasteiger partial charge in [-0.15, -0.1) is 11.3 Å². The third-order valence-corrected chi connectivity index (χ3v) is 5.15. The molecule has 0 fully saturated rings. The van der Waals surface area contributed by atoms with Crippen molar-refractivity contribution in [1.29, 1.82) is 0 Å². The number of carbonyl (C=O) groups is 1. The summed E-state index contributed by atoms with van der Waals surface area (Å²) >= 11 is 1.61. The molecule has 0 aliphatic heterocycles. The lowest BCUT2D eigenvalue weighted by Crippen LogP contribution is -2.18. The number of thiophene rings is 1. The molecule has 1 amide bonds. The molecular formula is C22H18N4OS. The highest BCUT2D eigenvalue weighted by Gasteiger charge is 2.12. The number of carbonyl (C=O) groups excluding carboxylic acids is 1. The standard InChI is InChI=1S/C22H18N4OS/c1-16-8-5-6-11-19(16)22(27)24-23-14-17-15-26(18-9-3-2-4-10-18)25-21(17)20-12-7-13-28-20/h2-15H,1H3,(H,24,27)/b23-14+. The Morgan fingerprint density at radius 3 is 2.61 bits per heavy atom. The number of hydrogen-bond donors (Lipinski definition) is 1. The Morgan fingerprint density at radius 2 is 1.86 bits per heavy atom. The lowest BCUT2D eigenvalue weighted by molar-refractivity contribution is 0.0954. The van der Waals surface area contributed by atoms with E-state index in [1.165, 1.54) is 0 Å². The SMILES string of the molecule is Cc1ccccc1C(=O)N/N=C/c1cn(-c2ccccc2)nc1-c1cccs1. The van der Waals surface area contributed by atoms with E-state index in [4.69, 9.17) is 5.10 Å². The third-order valence-electron chi connectivity index (χ3n) is 4.28. The van der Waals surface area contributed by atoms with Gasteiger partial charge in [0.2, 0.25) is 0 Å². The predicted molar refractivity (Wildman–Crippen MR) is 113 cm³/mol. The van der Waals surface area contributed by atoms with Crippen LogP contribution in [0, 0.1) is 6.92 Å². The zero-order valence-corrected chi connectivity index (χ0v) is 16.1. The zero-order chi connectivity index (χ0) is 19.3. The van der Waals surface area contributed by atoms with E-state index in [9.17, 15) is 4.79 Å². The number of amides is 1. The first kappa shape index (κ1) is 17.9. The summed E-state index contributed by atoms with van der Waals surface area (Å²) in [4.78, 5) is 13.4. The number of para-hydroxylation sites is 1. The van der Waals surface area contributed by atoms with E-state index in [0.717, 1.165) is 27.4 Å². The Labute approximate surface area is 167 Å². The largest absolute Gasteiger partial charge is 0.271 e. The van der Waals surface area contributed by atoms with Crippen LogP contribution >= 0.6 is 11.3 Å². The third kappa shape index (κ3) is 3.77. The Kier molecular flexibility index (Phi) is 5.12. The van der Waals surface area contributed by atoms with Crippen LogP contribution in [0.1, 0.15) is 21.5 Å². The molecule has 0 spiro atoms. The summed E-state index contributed by atoms with van der Waals surface area (Å²) in [6.45, 7) is 1.90. The minimum atomic E-state index is -0.234. The van der Waals surface area contributed by atoms with Gasteiger partial charge in [-0.2, -0.15) is 10.2 Å². The molecule has 1 N–H and O–H groups in total. The predicted octanol–water partition coefficient (Wildman–Crippen LogP) is 4.67. The molecule has 2 heterocycles. The maximum Gasteiger partial charge on any atom is 0.271 e. The number of nitrogens with zero attached hydrogens (tertiary/aromatic N) is 3. The topological polar surface area (TPSA) is 59.3 Å². The number of nitrogens with one attached hydrogen (secondary N) is 1. The Balaban J connectivity index is 1.61. The number of rotatable bonds is 5. The van der Waals surface area contributed by atoms with Gasteiger partial charge in [-0.1, -0.05) is 42.5 Å². The molecular weight excluding hydrogens is 368 g/mol. The molecule has 4 aromatic rings. The van der Waals surface area contributed by atoms with Crippen molar-refractivity contribution >= 4 is 23.5 Å². The van der Waals surface area contributed by atoms with Gasteiger partial charge in [-0.05, 0) is 42.1 Å². The van der Waals surface area contributed by atoms with Gasteiger partial charge < -0.3 is 0 Å². The smallest absolute Gasteiger partial charge is 0.267 e. The highest BCUT2D eigenvalue weighted by molar-refractivity contribution is 7.13. The summed E-state index contributed by atoms with van der Waals surface area (Å²) in [7, 11) is 0. The first-order valence-corrected chi connectivity index (χ1v) is 9.68. The van der Waals surface area contributed by atoms with Crippen molar-refractivity contribution in [2.45, 2.75) is 6.92 Å². The van der Waals surface area contributed by atoms with Crippen LogP contribution in [0.2, 0.25) is 0 Å². The van der Waals surface area contributed by atoms with Crippen LogP contribution in [0.4, 0.5) is 0 Å². The molecule has 138 valence electrons. The molecule has 0 radical (unpaired) electrons. The maximum atomic E-state index is 12.4. The fourth-order valence-corrected chi connectivity index (χ4v) is 3.58. The Hall–Kier alpha value is -3.51. The van der Waals surface area contributed by atoms with Crippen LogP contribution < -0.4 is 5.43 Å². The van der Waals surface area contributed by atoms with E-state index in [1.54, 1.807) is 23.6 Å². The Bertz CT molecular complexity index is 1110. The molecule has 6 heteroatoms. The zero-order valence-electron chi connectivity index (χ0n) is 15.2. The second-order valence-corrected chi connectivity index (χ2v) is 7.15. The van der Waals surface area contributed by atoms with Gasteiger partial charge in [0.05, 0.1) is 16.8 Å². The monoisotopic (exact) mass is 386 g/mol. The second kappa shape index (κ2) is 8.02. The second-order valence-electron chi connectivity index (χ2n) is 6.20. The number of aryl methyl sites for hydroxylation is 1. The average Bonchev–Trinajstić information content (AvgIpc) is 3.39. The molecule has 0 atom stereocenters. The van der Waals surface area contributed by atoms with Gasteiger partial charge in [-0.3, -0.25) is 4.79 Å². The van der Waals surface area contributed by atoms with Gasteiger partial charge >= 0.3 is 0 Å². The fraction of sp³-hybridized carbons (Fsp3) is 0.0455. The molecule has 0 aliphatic rings. The van der Waals surface area contributed by atoms with Crippen LogP contribution in [0.15, 0.2) is 83.4 Å². The molecule has 0 saturated heterocycles. The van der Waals surface area contributed by atoms with Gasteiger partial charge in [0.25, 0.3) is 5.91 Å². The highest BCUT2D eigenvalue weighted by atomic mass is 32.1. The van der Waals surface area contributed by atoms with E-state index in [2.05, 4.69) is 10.5 Å². The van der Waals surface area contributed by atoms with Crippen molar-refractivity contribution in [3.63, 3.8) is 0 Å². The van der Waals surface area contributed by atoms with Crippen molar-refractivity contribution in [3.8, 4) is 16.3 Å². The highest BCUT2D eigenvalue weighted by Crippen LogP contribution is 2.26. The van der Waals surface area contributed by atoms with E-state index < -0.39 is 0 Å². The van der Waals surface area contributed by atoms with Crippen molar-refractivity contribution in [3.05, 3.63) is 95.0 Å². The van der Waals surface area contributed by atoms with Crippen LogP contribution in [0.3, 0.4) is 0 Å². The van der Waals surface area contributed by atoms with Gasteiger partial charge in [0, 0.05) is 17.3 Å². The summed E-state index contributed by atoms with van der Waals surface area (Å²) < 4.78 is 1.82. The van der Waals surface area contributed by atoms with Crippen LogP contribution in [0.25, 0.3) is 16.3 Å². The first-order chi connectivity index (χ1) is 13.7. The van der Waals surface area contributed by atoms with Crippen LogP contribution in [0.5, 0.6) is 0 Å². The minimum absolute atomic E-state index is 0.234. The fourth-order valence-electron chi connectivity index (χ4n) is 2.85. The molecule has 0 unspecified atom stereocenters. The minimum Gasteiger partial charge on any atom is -0.267 e. The summed E-state index contributed by atoms with van der Waals surface area (Å²) in [6, 6.07) is 21.3. The van der Waals surface area contributed by atoms with Crippen molar-refractivity contribution < 1.29 is 4.79 Å². The number of hydrogen-bond acceptors (Lipinski definition) is 4. The Morgan fingerprint density at radius 1 is 1.07 bits per heavy atom. The number of aromatic nitrogens is 2. The van der Waals surface area contributed by atoms with E-state index in [0.29, 0.717) is 5.56 Å². The van der Waals surface area contributed by atoms with Crippen molar-refractivity contribution in [2.24, 2.45) is 5.10 Å². The first-order valence-electron chi connectivity index (χ1n) is 8.80. The summed E-state index contributed by atoms with van der Waals surface area (Å²) in [6.07, 6.45) is 3.55. The van der Waals surface area contributed by atoms with Crippen molar-refractivity contribution in [1.82, 2.24) is 15.2 Å². The van der Waals surface area contributed by atoms with Gasteiger partial charge in [-0.25, -0.2) is 10.1 Å². The van der Waals surface area contributed by atoms with Gasteiger partial charge in [0.1, 0.15) is 5.69 Å². The van der Waals surface area contributed by atoms with E-state index in [-0.39, 0.29) is 5.91 Å². The average molecular weight is 386 g/mol. The van der Waals surface area contributed by atoms with Gasteiger partial charge in [0.15, 0.2) is 0 Å². The quantitative estimate of drug-likeness (QED) is 0.400. The molecule has 0 aliphatic carbocycles. The lowest BCUT2D eigenvalue weighted by atomic mass is 10.1. The molecule has 4 rings (SSSR count). The summed E-state index contributed by atoms with van der Waals surface area (Å²) in [5.41, 5.74) is 6.74. The molecule has 0 saturated carbocycles. The van der Waals surface area contributed by atoms with Crippen LogP contribution in [-0.2, 0) is 0 Å². The van der Waals surface area contributed by atoms with Crippen molar-refractivity contribution in [2.75, 3.05) is 0 Å². The maximum absolute atomic E-state index is 12.4. The molecule has 5 nitrogen and oxygen atoms in total. The van der Waals surface area contributed by atoms with E-state index >= 15 is 0 Å². The number of hydrazone groups is 1. The lowest BCUT2D eigenvalue weighted by Gasteiger charge is -2.02. The normalized spacial score (nSPS) is 11.0. The molecule has 2 aromatic carbocycles. The molecule has 0 bridgehead atoms. The summed E-state index contributed by atoms with van der Waals surface area (Å²) in [5.74, 6) is -0.234. The number of benzene rings is 2.